The molecule has 0 aromatic rings. The van der Waals surface area contributed by atoms with E-state index in [9.17, 15) is 19.0 Å². The molecule has 0 fully saturated rings. The first-order valence-electron chi connectivity index (χ1n) is 20.7. The molecule has 0 saturated carbocycles. The highest BCUT2D eigenvalue weighted by molar-refractivity contribution is 7.45. The summed E-state index contributed by atoms with van der Waals surface area (Å²) < 4.78 is 33.7. The molecule has 0 radical (unpaired) electrons. The number of quaternary nitrogens is 1. The zero-order chi connectivity index (χ0) is 37.2. The van der Waals surface area contributed by atoms with E-state index in [1.165, 1.54) is 122 Å². The highest BCUT2D eigenvalue weighted by atomic mass is 31.2. The third-order valence-corrected chi connectivity index (χ3v) is 10.1. The minimum Gasteiger partial charge on any atom is -0.756 e. The van der Waals surface area contributed by atoms with Gasteiger partial charge in [-0.3, -0.25) is 14.2 Å². The van der Waals surface area contributed by atoms with Crippen LogP contribution in [-0.4, -0.2) is 70.0 Å². The van der Waals surface area contributed by atoms with Gasteiger partial charge in [-0.15, -0.1) is 0 Å². The summed E-state index contributed by atoms with van der Waals surface area (Å²) in [6.45, 7) is 4.21. The Hall–Kier alpha value is -0.990. The molecule has 0 aromatic heterocycles. The van der Waals surface area contributed by atoms with Gasteiger partial charge in [0.2, 0.25) is 0 Å². The van der Waals surface area contributed by atoms with Gasteiger partial charge < -0.3 is 27.9 Å². The predicted molar refractivity (Wildman–Crippen MR) is 204 cm³/mol. The van der Waals surface area contributed by atoms with E-state index < -0.39 is 26.5 Å². The van der Waals surface area contributed by atoms with Crippen LogP contribution in [0.3, 0.4) is 0 Å². The van der Waals surface area contributed by atoms with Crippen LogP contribution in [0.5, 0.6) is 0 Å². The van der Waals surface area contributed by atoms with E-state index in [1.807, 2.05) is 21.1 Å². The molecule has 0 saturated heterocycles. The molecule has 0 N–H and O–H groups in total. The number of phosphoric ester groups is 1. The quantitative estimate of drug-likeness (QED) is 0.0267. The maximum atomic E-state index is 12.5. The van der Waals surface area contributed by atoms with Crippen LogP contribution in [0.15, 0.2) is 0 Å². The average molecular weight is 734 g/mol. The number of rotatable bonds is 38. The van der Waals surface area contributed by atoms with Gasteiger partial charge in [0, 0.05) is 12.8 Å². The van der Waals surface area contributed by atoms with Crippen molar-refractivity contribution < 1.29 is 42.1 Å². The average Bonchev–Trinajstić information content (AvgIpc) is 3.06. The number of phosphoric acid groups is 1. The first-order chi connectivity index (χ1) is 24.0. The first-order valence-corrected chi connectivity index (χ1v) is 22.2. The monoisotopic (exact) mass is 734 g/mol. The second-order valence-corrected chi connectivity index (χ2v) is 16.8. The van der Waals surface area contributed by atoms with Gasteiger partial charge >= 0.3 is 11.9 Å². The van der Waals surface area contributed by atoms with Gasteiger partial charge in [-0.2, -0.15) is 0 Å². The van der Waals surface area contributed by atoms with E-state index in [1.54, 1.807) is 0 Å². The number of ether oxygens (including phenoxy) is 2. The highest BCUT2D eigenvalue weighted by Gasteiger charge is 2.21. The molecule has 0 aliphatic heterocycles. The van der Waals surface area contributed by atoms with Crippen LogP contribution in [0.2, 0.25) is 0 Å². The van der Waals surface area contributed by atoms with Crippen molar-refractivity contribution in [3.05, 3.63) is 0 Å². The second-order valence-electron chi connectivity index (χ2n) is 15.4. The minimum atomic E-state index is -4.61. The summed E-state index contributed by atoms with van der Waals surface area (Å²) in [6.07, 6.45) is 31.4. The topological polar surface area (TPSA) is 111 Å². The van der Waals surface area contributed by atoms with Gasteiger partial charge in [0.1, 0.15) is 19.8 Å². The normalized spacial score (nSPS) is 13.6. The summed E-state index contributed by atoms with van der Waals surface area (Å²) in [4.78, 5) is 37.3. The van der Waals surface area contributed by atoms with Gasteiger partial charge in [0.05, 0.1) is 27.7 Å². The molecule has 0 bridgehead atoms. The van der Waals surface area contributed by atoms with Crippen LogP contribution in [0.25, 0.3) is 0 Å². The molecule has 0 aliphatic carbocycles. The molecule has 50 heavy (non-hydrogen) atoms. The summed E-state index contributed by atoms with van der Waals surface area (Å²) >= 11 is 0. The summed E-state index contributed by atoms with van der Waals surface area (Å²) in [5, 5.41) is 0. The van der Waals surface area contributed by atoms with Crippen LogP contribution in [0.1, 0.15) is 194 Å². The summed E-state index contributed by atoms with van der Waals surface area (Å²) in [7, 11) is 1.18. The third-order valence-electron chi connectivity index (χ3n) is 9.13. The number of hydrogen-bond acceptors (Lipinski definition) is 8. The number of likely N-dealkylation sites (N-methyl/N-ethyl adjacent to an activating group) is 1. The van der Waals surface area contributed by atoms with Gasteiger partial charge in [-0.05, 0) is 12.8 Å². The molecule has 1 unspecified atom stereocenters. The largest absolute Gasteiger partial charge is 0.756 e. The van der Waals surface area contributed by atoms with Gasteiger partial charge in [0.25, 0.3) is 7.82 Å². The van der Waals surface area contributed by atoms with Crippen molar-refractivity contribution in [2.75, 3.05) is 47.5 Å². The molecule has 0 spiro atoms. The van der Waals surface area contributed by atoms with E-state index in [0.29, 0.717) is 17.4 Å². The number of nitrogens with zero attached hydrogens (tertiary/aromatic N) is 1. The SMILES string of the molecule is CCCCCCCCCCCCCCCCCCCCC(=O)OC[C@H](COP(=O)([O-])OCC[N+](C)(C)C)OC(=O)CCCCCCCCCC. The molecule has 0 amide bonds. The molecule has 0 heterocycles. The lowest BCUT2D eigenvalue weighted by Gasteiger charge is -2.28. The Morgan fingerprint density at radius 2 is 0.900 bits per heavy atom. The van der Waals surface area contributed by atoms with E-state index in [4.69, 9.17) is 18.5 Å². The smallest absolute Gasteiger partial charge is 0.306 e. The number of carbonyl (C=O) groups excluding carboxylic acids is 2. The van der Waals surface area contributed by atoms with Crippen LogP contribution in [0, 0.1) is 0 Å². The molecule has 0 rings (SSSR count). The fourth-order valence-corrected chi connectivity index (χ4v) is 6.56. The molecular weight excluding hydrogens is 653 g/mol. The Morgan fingerprint density at radius 3 is 1.28 bits per heavy atom. The zero-order valence-corrected chi connectivity index (χ0v) is 34.3. The maximum Gasteiger partial charge on any atom is 0.306 e. The van der Waals surface area contributed by atoms with Crippen LogP contribution in [-0.2, 0) is 32.7 Å². The number of carbonyl (C=O) groups is 2. The van der Waals surface area contributed by atoms with Gasteiger partial charge in [-0.25, -0.2) is 0 Å². The van der Waals surface area contributed by atoms with Crippen molar-refractivity contribution in [3.63, 3.8) is 0 Å². The fraction of sp³-hybridized carbons (Fsp3) is 0.950. The maximum absolute atomic E-state index is 12.5. The Bertz CT molecular complexity index is 835. The Kier molecular flexibility index (Phi) is 33.2. The highest BCUT2D eigenvalue weighted by Crippen LogP contribution is 2.38. The fourth-order valence-electron chi connectivity index (χ4n) is 5.83. The van der Waals surface area contributed by atoms with Crippen LogP contribution in [0.4, 0.5) is 0 Å². The van der Waals surface area contributed by atoms with Crippen molar-refractivity contribution in [3.8, 4) is 0 Å². The Morgan fingerprint density at radius 1 is 0.540 bits per heavy atom. The van der Waals surface area contributed by atoms with E-state index in [0.717, 1.165) is 38.5 Å². The van der Waals surface area contributed by atoms with E-state index in [-0.39, 0.29) is 32.0 Å². The lowest BCUT2D eigenvalue weighted by molar-refractivity contribution is -0.870. The lowest BCUT2D eigenvalue weighted by atomic mass is 10.0. The molecule has 0 aliphatic rings. The van der Waals surface area contributed by atoms with E-state index in [2.05, 4.69) is 13.8 Å². The minimum absolute atomic E-state index is 0.0262. The first kappa shape index (κ1) is 49.0. The summed E-state index contributed by atoms with van der Waals surface area (Å²) in [6, 6.07) is 0. The molecule has 0 aromatic carbocycles. The standard InChI is InChI=1S/C40H80NO8P/c1-6-8-10-12-14-16-17-18-19-20-21-22-23-24-25-27-28-30-32-39(42)46-36-38(37-48-50(44,45)47-35-34-41(3,4)5)49-40(43)33-31-29-26-15-13-11-9-7-2/h38H,6-37H2,1-5H3/t38-/m1/s1. The van der Waals surface area contributed by atoms with Gasteiger partial charge in [-0.1, -0.05) is 168 Å². The Labute approximate surface area is 308 Å². The number of esters is 2. The lowest BCUT2D eigenvalue weighted by Crippen LogP contribution is -2.37. The van der Waals surface area contributed by atoms with Crippen LogP contribution < -0.4 is 4.89 Å². The third kappa shape index (κ3) is 36.8. The second kappa shape index (κ2) is 33.8. The summed E-state index contributed by atoms with van der Waals surface area (Å²) in [5.74, 6) is -0.828. The van der Waals surface area contributed by atoms with Gasteiger partial charge in [0.15, 0.2) is 6.10 Å². The summed E-state index contributed by atoms with van der Waals surface area (Å²) in [5.41, 5.74) is 0. The van der Waals surface area contributed by atoms with E-state index >= 15 is 0 Å². The molecule has 298 valence electrons. The van der Waals surface area contributed by atoms with Crippen molar-refractivity contribution >= 4 is 19.8 Å². The zero-order valence-electron chi connectivity index (χ0n) is 33.4. The number of hydrogen-bond donors (Lipinski definition) is 0. The predicted octanol–water partition coefficient (Wildman–Crippen LogP) is 10.6. The van der Waals surface area contributed by atoms with Crippen molar-refractivity contribution in [1.29, 1.82) is 0 Å². The number of unbranched alkanes of at least 4 members (excludes halogenated alkanes) is 24. The van der Waals surface area contributed by atoms with Crippen molar-refractivity contribution in [2.24, 2.45) is 0 Å². The molecule has 10 heteroatoms. The van der Waals surface area contributed by atoms with Crippen LogP contribution >= 0.6 is 7.82 Å². The molecule has 2 atom stereocenters. The molecular formula is C40H80NO8P. The molecule has 9 nitrogen and oxygen atoms in total. The Balaban J connectivity index is 4.22. The van der Waals surface area contributed by atoms with Crippen molar-refractivity contribution in [2.45, 2.75) is 200 Å². The van der Waals surface area contributed by atoms with Crippen molar-refractivity contribution in [1.82, 2.24) is 0 Å².